The quantitative estimate of drug-likeness (QED) is 0.543. The van der Waals surface area contributed by atoms with Crippen LogP contribution >= 0.6 is 11.8 Å². The molecule has 0 unspecified atom stereocenters. The Hall–Kier alpha value is -0.760. The first kappa shape index (κ1) is 11.3. The molecule has 1 nitrogen and oxygen atoms in total. The summed E-state index contributed by atoms with van der Waals surface area (Å²) in [6, 6.07) is 10.4. The van der Waals surface area contributed by atoms with E-state index in [2.05, 4.69) is 50.0 Å². The highest BCUT2D eigenvalue weighted by molar-refractivity contribution is 8.11. The van der Waals surface area contributed by atoms with Gasteiger partial charge in [0.05, 0.1) is 11.1 Å². The number of aliphatic imine (C=N–C) groups is 1. The van der Waals surface area contributed by atoms with Crippen LogP contribution in [-0.2, 0) is 5.75 Å². The molecule has 0 atom stereocenters. The summed E-state index contributed by atoms with van der Waals surface area (Å²) >= 11 is 1.74. The third kappa shape index (κ3) is 5.07. The molecule has 1 aromatic carbocycles. The van der Waals surface area contributed by atoms with E-state index in [-0.39, 0.29) is 5.54 Å². The molecule has 0 bridgehead atoms. The molecular weight excluding hydrogens is 190 g/mol. The van der Waals surface area contributed by atoms with Gasteiger partial charge in [-0.15, -0.1) is 11.8 Å². The lowest BCUT2D eigenvalue weighted by Gasteiger charge is -2.10. The fraction of sp³-hybridized carbons (Fsp3) is 0.417. The molecule has 0 radical (unpaired) electrons. The second-order valence-electron chi connectivity index (χ2n) is 4.20. The standard InChI is InChI=1S/C12H17NS/c1-12(2,3)13-10-14-9-11-7-5-4-6-8-11/h4-8,10H,9H2,1-3H3. The Morgan fingerprint density at radius 1 is 1.21 bits per heavy atom. The zero-order valence-electron chi connectivity index (χ0n) is 9.03. The second kappa shape index (κ2) is 5.20. The molecule has 0 saturated carbocycles. The molecule has 2 heteroatoms. The zero-order valence-corrected chi connectivity index (χ0v) is 9.84. The maximum atomic E-state index is 4.41. The molecule has 0 saturated heterocycles. The van der Waals surface area contributed by atoms with Crippen molar-refractivity contribution in [1.29, 1.82) is 0 Å². The van der Waals surface area contributed by atoms with E-state index in [0.29, 0.717) is 0 Å². The molecule has 1 rings (SSSR count). The maximum absolute atomic E-state index is 4.41. The topological polar surface area (TPSA) is 12.4 Å². The van der Waals surface area contributed by atoms with Crippen LogP contribution in [0.2, 0.25) is 0 Å². The molecule has 0 amide bonds. The molecule has 0 aromatic heterocycles. The summed E-state index contributed by atoms with van der Waals surface area (Å²) < 4.78 is 0. The van der Waals surface area contributed by atoms with Gasteiger partial charge in [-0.1, -0.05) is 30.3 Å². The van der Waals surface area contributed by atoms with E-state index in [1.807, 2.05) is 11.6 Å². The number of benzene rings is 1. The minimum Gasteiger partial charge on any atom is -0.281 e. The molecule has 1 aromatic rings. The molecule has 0 aliphatic carbocycles. The Morgan fingerprint density at radius 2 is 1.86 bits per heavy atom. The van der Waals surface area contributed by atoms with Gasteiger partial charge in [0.2, 0.25) is 0 Å². The monoisotopic (exact) mass is 207 g/mol. The minimum atomic E-state index is 0.0453. The van der Waals surface area contributed by atoms with Crippen LogP contribution in [0, 0.1) is 0 Å². The van der Waals surface area contributed by atoms with Crippen molar-refractivity contribution in [3.63, 3.8) is 0 Å². The zero-order chi connectivity index (χ0) is 10.4. The summed E-state index contributed by atoms with van der Waals surface area (Å²) in [5.74, 6) is 1.00. The van der Waals surface area contributed by atoms with Crippen molar-refractivity contribution in [3.05, 3.63) is 35.9 Å². The van der Waals surface area contributed by atoms with Crippen molar-refractivity contribution in [2.24, 2.45) is 4.99 Å². The van der Waals surface area contributed by atoms with Gasteiger partial charge in [-0.2, -0.15) is 0 Å². The van der Waals surface area contributed by atoms with E-state index in [1.165, 1.54) is 5.56 Å². The highest BCUT2D eigenvalue weighted by Gasteiger charge is 2.03. The Morgan fingerprint density at radius 3 is 2.43 bits per heavy atom. The van der Waals surface area contributed by atoms with Gasteiger partial charge in [-0.3, -0.25) is 4.99 Å². The van der Waals surface area contributed by atoms with Gasteiger partial charge in [0.15, 0.2) is 0 Å². The molecule has 0 fully saturated rings. The third-order valence-electron chi connectivity index (χ3n) is 1.61. The van der Waals surface area contributed by atoms with E-state index in [4.69, 9.17) is 0 Å². The highest BCUT2D eigenvalue weighted by atomic mass is 32.2. The first-order valence-corrected chi connectivity index (χ1v) is 5.82. The average Bonchev–Trinajstić information content (AvgIpc) is 2.13. The van der Waals surface area contributed by atoms with Gasteiger partial charge in [-0.05, 0) is 26.3 Å². The molecule has 0 N–H and O–H groups in total. The summed E-state index contributed by atoms with van der Waals surface area (Å²) in [6.45, 7) is 6.31. The summed E-state index contributed by atoms with van der Waals surface area (Å²) in [5.41, 5.74) is 3.34. The van der Waals surface area contributed by atoms with Crippen molar-refractivity contribution < 1.29 is 0 Å². The van der Waals surface area contributed by atoms with E-state index in [9.17, 15) is 0 Å². The van der Waals surface area contributed by atoms with Gasteiger partial charge < -0.3 is 0 Å². The number of thioether (sulfide) groups is 1. The number of hydrogen-bond donors (Lipinski definition) is 0. The van der Waals surface area contributed by atoms with Gasteiger partial charge in [0.25, 0.3) is 0 Å². The lowest BCUT2D eigenvalue weighted by Crippen LogP contribution is -2.08. The van der Waals surface area contributed by atoms with E-state index in [1.54, 1.807) is 11.8 Å². The van der Waals surface area contributed by atoms with Crippen molar-refractivity contribution in [1.82, 2.24) is 0 Å². The molecule has 0 aliphatic heterocycles. The smallest absolute Gasteiger partial charge is 0.0550 e. The number of nitrogens with zero attached hydrogens (tertiary/aromatic N) is 1. The van der Waals surface area contributed by atoms with Crippen molar-refractivity contribution in [2.45, 2.75) is 32.1 Å². The lowest BCUT2D eigenvalue weighted by atomic mass is 10.1. The third-order valence-corrected chi connectivity index (χ3v) is 2.36. The number of hydrogen-bond acceptors (Lipinski definition) is 2. The van der Waals surface area contributed by atoms with Crippen LogP contribution in [0.5, 0.6) is 0 Å². The van der Waals surface area contributed by atoms with E-state index < -0.39 is 0 Å². The van der Waals surface area contributed by atoms with Gasteiger partial charge in [0.1, 0.15) is 0 Å². The largest absolute Gasteiger partial charge is 0.281 e. The lowest BCUT2D eigenvalue weighted by molar-refractivity contribution is 0.588. The van der Waals surface area contributed by atoms with Crippen LogP contribution in [0.3, 0.4) is 0 Å². The molecule has 76 valence electrons. The van der Waals surface area contributed by atoms with Crippen LogP contribution in [0.15, 0.2) is 35.3 Å². The SMILES string of the molecule is CC(C)(C)N=CSCc1ccccc1. The van der Waals surface area contributed by atoms with Crippen LogP contribution < -0.4 is 0 Å². The number of rotatable bonds is 3. The van der Waals surface area contributed by atoms with Crippen molar-refractivity contribution in [3.8, 4) is 0 Å². The Kier molecular flexibility index (Phi) is 4.21. The van der Waals surface area contributed by atoms with Crippen LogP contribution in [0.4, 0.5) is 0 Å². The fourth-order valence-electron chi connectivity index (χ4n) is 0.903. The maximum Gasteiger partial charge on any atom is 0.0550 e. The molecule has 0 heterocycles. The van der Waals surface area contributed by atoms with Crippen molar-refractivity contribution >= 4 is 17.3 Å². The minimum absolute atomic E-state index is 0.0453. The first-order chi connectivity index (χ1) is 6.58. The van der Waals surface area contributed by atoms with E-state index in [0.717, 1.165) is 5.75 Å². The molecule has 0 spiro atoms. The highest BCUT2D eigenvalue weighted by Crippen LogP contribution is 2.12. The predicted octanol–water partition coefficient (Wildman–Crippen LogP) is 3.75. The summed E-state index contributed by atoms with van der Waals surface area (Å²) in [6.07, 6.45) is 0. The van der Waals surface area contributed by atoms with Gasteiger partial charge in [-0.25, -0.2) is 0 Å². The van der Waals surface area contributed by atoms with Crippen molar-refractivity contribution in [2.75, 3.05) is 0 Å². The summed E-state index contributed by atoms with van der Waals surface area (Å²) in [5, 5.41) is 0. The van der Waals surface area contributed by atoms with E-state index >= 15 is 0 Å². The summed E-state index contributed by atoms with van der Waals surface area (Å²) in [7, 11) is 0. The fourth-order valence-corrected chi connectivity index (χ4v) is 1.75. The Labute approximate surface area is 90.6 Å². The Balaban J connectivity index is 2.33. The first-order valence-electron chi connectivity index (χ1n) is 4.77. The van der Waals surface area contributed by atoms with Crippen LogP contribution in [-0.4, -0.2) is 11.1 Å². The molecule has 0 aliphatic rings. The predicted molar refractivity (Wildman–Crippen MR) is 66.0 cm³/mol. The van der Waals surface area contributed by atoms with Crippen LogP contribution in [0.25, 0.3) is 0 Å². The molecule has 14 heavy (non-hydrogen) atoms. The van der Waals surface area contributed by atoms with Gasteiger partial charge >= 0.3 is 0 Å². The molecular formula is C12H17NS. The normalized spacial score (nSPS) is 12.2. The Bertz CT molecular complexity index is 285. The average molecular weight is 207 g/mol. The van der Waals surface area contributed by atoms with Crippen LogP contribution in [0.1, 0.15) is 26.3 Å². The summed E-state index contributed by atoms with van der Waals surface area (Å²) in [4.78, 5) is 4.41. The second-order valence-corrected chi connectivity index (χ2v) is 5.03. The van der Waals surface area contributed by atoms with Gasteiger partial charge in [0, 0.05) is 5.75 Å².